The lowest BCUT2D eigenvalue weighted by Gasteiger charge is -2.04. The summed E-state index contributed by atoms with van der Waals surface area (Å²) in [5, 5.41) is 0. The number of aromatic nitrogens is 2. The monoisotopic (exact) mass is 154 g/mol. The zero-order chi connectivity index (χ0) is 8.10. The number of aryl methyl sites for hydroxylation is 1. The van der Waals surface area contributed by atoms with Crippen molar-refractivity contribution in [1.29, 1.82) is 0 Å². The summed E-state index contributed by atoms with van der Waals surface area (Å²) in [6.45, 7) is 5.51. The standard InChI is InChI=1S/C8H14N2O/c1-3-6-11-7-10-5-4-9-8(10)2/h4-5H,3,6-7H2,1-2H3. The molecule has 0 amide bonds. The smallest absolute Gasteiger partial charge is 0.123 e. The third kappa shape index (κ3) is 2.35. The number of hydrogen-bond donors (Lipinski definition) is 0. The van der Waals surface area contributed by atoms with Gasteiger partial charge in [0.05, 0.1) is 0 Å². The molecule has 11 heavy (non-hydrogen) atoms. The first-order valence-corrected chi connectivity index (χ1v) is 3.90. The average molecular weight is 154 g/mol. The fourth-order valence-corrected chi connectivity index (χ4v) is 0.847. The van der Waals surface area contributed by atoms with E-state index in [4.69, 9.17) is 4.74 Å². The first-order chi connectivity index (χ1) is 5.34. The van der Waals surface area contributed by atoms with Gasteiger partial charge in [0.15, 0.2) is 0 Å². The van der Waals surface area contributed by atoms with Crippen LogP contribution in [0.25, 0.3) is 0 Å². The summed E-state index contributed by atoms with van der Waals surface area (Å²) in [7, 11) is 0. The molecule has 0 N–H and O–H groups in total. The quantitative estimate of drug-likeness (QED) is 0.615. The molecule has 3 heteroatoms. The Morgan fingerprint density at radius 3 is 3.00 bits per heavy atom. The molecular formula is C8H14N2O. The van der Waals surface area contributed by atoms with E-state index in [0.29, 0.717) is 6.73 Å². The summed E-state index contributed by atoms with van der Waals surface area (Å²) in [4.78, 5) is 4.08. The van der Waals surface area contributed by atoms with Crippen LogP contribution in [0.15, 0.2) is 12.4 Å². The van der Waals surface area contributed by atoms with Crippen molar-refractivity contribution in [3.63, 3.8) is 0 Å². The van der Waals surface area contributed by atoms with Gasteiger partial charge in [-0.2, -0.15) is 0 Å². The lowest BCUT2D eigenvalue weighted by molar-refractivity contribution is 0.0761. The van der Waals surface area contributed by atoms with Crippen LogP contribution in [0.2, 0.25) is 0 Å². The lowest BCUT2D eigenvalue weighted by Crippen LogP contribution is -2.03. The molecule has 0 saturated heterocycles. The van der Waals surface area contributed by atoms with E-state index in [2.05, 4.69) is 11.9 Å². The fourth-order valence-electron chi connectivity index (χ4n) is 0.847. The first-order valence-electron chi connectivity index (χ1n) is 3.90. The van der Waals surface area contributed by atoms with E-state index in [-0.39, 0.29) is 0 Å². The van der Waals surface area contributed by atoms with Gasteiger partial charge in [-0.15, -0.1) is 0 Å². The normalized spacial score (nSPS) is 10.4. The number of nitrogens with zero attached hydrogens (tertiary/aromatic N) is 2. The maximum Gasteiger partial charge on any atom is 0.123 e. The Morgan fingerprint density at radius 1 is 1.64 bits per heavy atom. The van der Waals surface area contributed by atoms with Gasteiger partial charge in [-0.05, 0) is 13.3 Å². The van der Waals surface area contributed by atoms with Crippen molar-refractivity contribution >= 4 is 0 Å². The van der Waals surface area contributed by atoms with Gasteiger partial charge in [-0.3, -0.25) is 0 Å². The van der Waals surface area contributed by atoms with Gasteiger partial charge in [0.1, 0.15) is 12.6 Å². The second-order valence-corrected chi connectivity index (χ2v) is 2.48. The molecule has 0 saturated carbocycles. The van der Waals surface area contributed by atoms with Crippen LogP contribution in [0.5, 0.6) is 0 Å². The minimum absolute atomic E-state index is 0.625. The second-order valence-electron chi connectivity index (χ2n) is 2.48. The van der Waals surface area contributed by atoms with Crippen molar-refractivity contribution in [2.75, 3.05) is 6.61 Å². The highest BCUT2D eigenvalue weighted by molar-refractivity contribution is 4.86. The molecule has 1 aromatic heterocycles. The maximum atomic E-state index is 5.33. The zero-order valence-corrected chi connectivity index (χ0v) is 7.08. The highest BCUT2D eigenvalue weighted by Crippen LogP contribution is 1.95. The van der Waals surface area contributed by atoms with Gasteiger partial charge in [0.25, 0.3) is 0 Å². The third-order valence-electron chi connectivity index (χ3n) is 1.50. The maximum absolute atomic E-state index is 5.33. The minimum atomic E-state index is 0.625. The summed E-state index contributed by atoms with van der Waals surface area (Å²) >= 11 is 0. The van der Waals surface area contributed by atoms with E-state index in [1.54, 1.807) is 6.20 Å². The van der Waals surface area contributed by atoms with Crippen molar-refractivity contribution < 1.29 is 4.74 Å². The van der Waals surface area contributed by atoms with Crippen molar-refractivity contribution in [3.05, 3.63) is 18.2 Å². The molecule has 62 valence electrons. The zero-order valence-electron chi connectivity index (χ0n) is 7.08. The van der Waals surface area contributed by atoms with Crippen LogP contribution in [-0.2, 0) is 11.5 Å². The highest BCUT2D eigenvalue weighted by atomic mass is 16.5. The molecule has 1 heterocycles. The van der Waals surface area contributed by atoms with Crippen molar-refractivity contribution in [2.24, 2.45) is 0 Å². The van der Waals surface area contributed by atoms with Crippen LogP contribution in [0, 0.1) is 6.92 Å². The second kappa shape index (κ2) is 4.13. The summed E-state index contributed by atoms with van der Waals surface area (Å²) in [5.74, 6) is 1.00. The molecule has 0 radical (unpaired) electrons. The van der Waals surface area contributed by atoms with E-state index in [1.165, 1.54) is 0 Å². The number of imidazole rings is 1. The number of ether oxygens (including phenoxy) is 1. The SMILES string of the molecule is CCCOCn1ccnc1C. The minimum Gasteiger partial charge on any atom is -0.361 e. The summed E-state index contributed by atoms with van der Waals surface area (Å²) in [5.41, 5.74) is 0. The largest absolute Gasteiger partial charge is 0.361 e. The van der Waals surface area contributed by atoms with Crippen LogP contribution in [-0.4, -0.2) is 16.2 Å². The molecule has 0 spiro atoms. The van der Waals surface area contributed by atoms with Crippen molar-refractivity contribution in [3.8, 4) is 0 Å². The molecule has 3 nitrogen and oxygen atoms in total. The summed E-state index contributed by atoms with van der Waals surface area (Å²) in [6, 6.07) is 0. The van der Waals surface area contributed by atoms with Gasteiger partial charge < -0.3 is 9.30 Å². The molecule has 0 fully saturated rings. The van der Waals surface area contributed by atoms with Crippen molar-refractivity contribution in [1.82, 2.24) is 9.55 Å². The van der Waals surface area contributed by atoms with Crippen LogP contribution in [0.3, 0.4) is 0 Å². The van der Waals surface area contributed by atoms with Crippen LogP contribution in [0.1, 0.15) is 19.2 Å². The van der Waals surface area contributed by atoms with Gasteiger partial charge in [0.2, 0.25) is 0 Å². The molecule has 0 atom stereocenters. The van der Waals surface area contributed by atoms with Gasteiger partial charge >= 0.3 is 0 Å². The molecule has 0 aromatic carbocycles. The van der Waals surface area contributed by atoms with Crippen LogP contribution in [0.4, 0.5) is 0 Å². The summed E-state index contributed by atoms with van der Waals surface area (Å²) < 4.78 is 7.31. The Bertz CT molecular complexity index is 208. The van der Waals surface area contributed by atoms with E-state index in [1.807, 2.05) is 17.7 Å². The molecule has 0 unspecified atom stereocenters. The molecule has 0 aliphatic heterocycles. The highest BCUT2D eigenvalue weighted by Gasteiger charge is 1.93. The van der Waals surface area contributed by atoms with E-state index in [9.17, 15) is 0 Å². The third-order valence-corrected chi connectivity index (χ3v) is 1.50. The van der Waals surface area contributed by atoms with E-state index < -0.39 is 0 Å². The Kier molecular flexibility index (Phi) is 3.11. The summed E-state index contributed by atoms with van der Waals surface area (Å²) in [6.07, 6.45) is 4.77. The molecule has 1 aromatic rings. The predicted octanol–water partition coefficient (Wildman–Crippen LogP) is 1.58. The fraction of sp³-hybridized carbons (Fsp3) is 0.625. The van der Waals surface area contributed by atoms with Crippen molar-refractivity contribution in [2.45, 2.75) is 27.0 Å². The lowest BCUT2D eigenvalue weighted by atomic mass is 10.5. The van der Waals surface area contributed by atoms with E-state index in [0.717, 1.165) is 18.9 Å². The average Bonchev–Trinajstić information content (AvgIpc) is 2.37. The molecule has 0 aliphatic carbocycles. The Balaban J connectivity index is 2.32. The molecule has 0 aliphatic rings. The van der Waals surface area contributed by atoms with E-state index >= 15 is 0 Å². The predicted molar refractivity (Wildman–Crippen MR) is 43.2 cm³/mol. The van der Waals surface area contributed by atoms with Gasteiger partial charge in [-0.1, -0.05) is 6.92 Å². The Morgan fingerprint density at radius 2 is 2.45 bits per heavy atom. The number of rotatable bonds is 4. The Hall–Kier alpha value is -0.830. The van der Waals surface area contributed by atoms with Gasteiger partial charge in [-0.25, -0.2) is 4.98 Å². The molecule has 1 rings (SSSR count). The molecular weight excluding hydrogens is 140 g/mol. The molecule has 0 bridgehead atoms. The van der Waals surface area contributed by atoms with Crippen LogP contribution < -0.4 is 0 Å². The van der Waals surface area contributed by atoms with Gasteiger partial charge in [0, 0.05) is 19.0 Å². The Labute approximate surface area is 67.0 Å². The number of hydrogen-bond acceptors (Lipinski definition) is 2. The topological polar surface area (TPSA) is 27.1 Å². The van der Waals surface area contributed by atoms with Crippen LogP contribution >= 0.6 is 0 Å². The first kappa shape index (κ1) is 8.27.